The van der Waals surface area contributed by atoms with Gasteiger partial charge in [-0.25, -0.2) is 12.8 Å². The highest BCUT2D eigenvalue weighted by atomic mass is 32.2. The van der Waals surface area contributed by atoms with Crippen molar-refractivity contribution in [2.45, 2.75) is 48.8 Å². The first-order chi connectivity index (χ1) is 13.0. The van der Waals surface area contributed by atoms with E-state index in [0.29, 0.717) is 37.9 Å². The molecule has 3 rings (SSSR count). The van der Waals surface area contributed by atoms with E-state index < -0.39 is 38.4 Å². The number of hydrogen-bond acceptors (Lipinski definition) is 4. The van der Waals surface area contributed by atoms with E-state index in [2.05, 4.69) is 0 Å². The van der Waals surface area contributed by atoms with Gasteiger partial charge in [0.25, 0.3) is 0 Å². The van der Waals surface area contributed by atoms with Crippen molar-refractivity contribution >= 4 is 15.9 Å². The van der Waals surface area contributed by atoms with Crippen molar-refractivity contribution in [1.29, 1.82) is 0 Å². The van der Waals surface area contributed by atoms with E-state index in [-0.39, 0.29) is 25.2 Å². The largest absolute Gasteiger partial charge is 0.419 e. The molecule has 1 amide bonds. The molecule has 2 N–H and O–H groups in total. The third kappa shape index (κ3) is 4.01. The number of hydrogen-bond donors (Lipinski definition) is 1. The Balaban J connectivity index is 1.74. The Kier molecular flexibility index (Phi) is 5.70. The lowest BCUT2D eigenvalue weighted by Crippen LogP contribution is -2.51. The van der Waals surface area contributed by atoms with Crippen LogP contribution in [0.15, 0.2) is 23.1 Å². The van der Waals surface area contributed by atoms with Gasteiger partial charge in [0.1, 0.15) is 5.82 Å². The molecule has 28 heavy (non-hydrogen) atoms. The molecule has 0 spiro atoms. The molecule has 0 bridgehead atoms. The second-order valence-electron chi connectivity index (χ2n) is 7.07. The Hall–Kier alpha value is -1.72. The summed E-state index contributed by atoms with van der Waals surface area (Å²) in [6.45, 7) is 0.916. The van der Waals surface area contributed by atoms with E-state index in [0.717, 1.165) is 16.8 Å². The topological polar surface area (TPSA) is 83.7 Å². The number of sulfonamides is 1. The van der Waals surface area contributed by atoms with E-state index in [1.54, 1.807) is 0 Å². The summed E-state index contributed by atoms with van der Waals surface area (Å²) in [7, 11) is -4.18. The fourth-order valence-corrected chi connectivity index (χ4v) is 5.47. The fourth-order valence-electron chi connectivity index (χ4n) is 3.98. The normalized spacial score (nSPS) is 23.2. The van der Waals surface area contributed by atoms with Gasteiger partial charge in [-0.15, -0.1) is 0 Å². The molecule has 1 atom stereocenters. The van der Waals surface area contributed by atoms with Gasteiger partial charge in [-0.3, -0.25) is 9.69 Å². The molecule has 1 aromatic rings. The molecule has 2 saturated heterocycles. The van der Waals surface area contributed by atoms with Gasteiger partial charge in [-0.2, -0.15) is 17.5 Å². The van der Waals surface area contributed by atoms with Gasteiger partial charge in [0.2, 0.25) is 15.9 Å². The van der Waals surface area contributed by atoms with Crippen molar-refractivity contribution in [3.8, 4) is 0 Å². The molecule has 1 aromatic carbocycles. The van der Waals surface area contributed by atoms with Gasteiger partial charge in [0, 0.05) is 19.1 Å². The smallest absolute Gasteiger partial charge is 0.368 e. The van der Waals surface area contributed by atoms with Crippen LogP contribution in [0.1, 0.15) is 31.2 Å². The summed E-state index contributed by atoms with van der Waals surface area (Å²) in [4.78, 5) is 13.0. The number of carbonyl (C=O) groups is 1. The zero-order valence-electron chi connectivity index (χ0n) is 15.0. The molecule has 2 fully saturated rings. The molecule has 2 aliphatic heterocycles. The van der Waals surface area contributed by atoms with Crippen LogP contribution in [-0.4, -0.2) is 55.2 Å². The molecule has 156 valence electrons. The van der Waals surface area contributed by atoms with Crippen molar-refractivity contribution in [2.75, 3.05) is 19.6 Å². The lowest BCUT2D eigenvalue weighted by Gasteiger charge is -2.38. The van der Waals surface area contributed by atoms with Crippen molar-refractivity contribution < 1.29 is 30.8 Å². The number of halogens is 4. The van der Waals surface area contributed by atoms with Gasteiger partial charge < -0.3 is 5.73 Å². The molecule has 1 unspecified atom stereocenters. The monoisotopic (exact) mass is 423 g/mol. The summed E-state index contributed by atoms with van der Waals surface area (Å²) < 4.78 is 78.7. The first kappa shape index (κ1) is 21.0. The van der Waals surface area contributed by atoms with E-state index in [9.17, 15) is 30.8 Å². The van der Waals surface area contributed by atoms with Crippen LogP contribution in [0.4, 0.5) is 17.6 Å². The molecule has 2 aliphatic rings. The molecule has 0 radical (unpaired) electrons. The second kappa shape index (κ2) is 7.60. The minimum Gasteiger partial charge on any atom is -0.368 e. The highest BCUT2D eigenvalue weighted by Crippen LogP contribution is 2.34. The van der Waals surface area contributed by atoms with Crippen LogP contribution in [0, 0.1) is 5.82 Å². The van der Waals surface area contributed by atoms with Crippen molar-refractivity contribution in [2.24, 2.45) is 5.73 Å². The predicted molar refractivity (Wildman–Crippen MR) is 92.1 cm³/mol. The summed E-state index contributed by atoms with van der Waals surface area (Å²) in [6.07, 6.45) is -2.60. The summed E-state index contributed by atoms with van der Waals surface area (Å²) in [5.41, 5.74) is 3.81. The molecule has 2 heterocycles. The highest BCUT2D eigenvalue weighted by molar-refractivity contribution is 7.89. The maximum absolute atomic E-state index is 13.5. The van der Waals surface area contributed by atoms with Gasteiger partial charge in [0.05, 0.1) is 16.5 Å². The van der Waals surface area contributed by atoms with Gasteiger partial charge in [-0.05, 0) is 50.4 Å². The van der Waals surface area contributed by atoms with E-state index in [4.69, 9.17) is 5.73 Å². The van der Waals surface area contributed by atoms with Gasteiger partial charge >= 0.3 is 6.18 Å². The Bertz CT molecular complexity index is 852. The van der Waals surface area contributed by atoms with Crippen LogP contribution in [0.2, 0.25) is 0 Å². The number of likely N-dealkylation sites (tertiary alicyclic amines) is 1. The van der Waals surface area contributed by atoms with Crippen LogP contribution < -0.4 is 5.73 Å². The van der Waals surface area contributed by atoms with Crippen LogP contribution in [-0.2, 0) is 21.0 Å². The minimum absolute atomic E-state index is 0.00889. The number of amides is 1. The average molecular weight is 423 g/mol. The maximum Gasteiger partial charge on any atom is 0.419 e. The number of rotatable bonds is 4. The highest BCUT2D eigenvalue weighted by Gasteiger charge is 2.39. The van der Waals surface area contributed by atoms with Crippen LogP contribution in [0.3, 0.4) is 0 Å². The molecule has 6 nitrogen and oxygen atoms in total. The maximum atomic E-state index is 13.5. The van der Waals surface area contributed by atoms with Crippen molar-refractivity contribution in [3.63, 3.8) is 0 Å². The molecular weight excluding hydrogens is 402 g/mol. The number of nitrogens with two attached hydrogens (primary N) is 1. The molecular formula is C17H21F4N3O3S. The van der Waals surface area contributed by atoms with Gasteiger partial charge in [-0.1, -0.05) is 0 Å². The molecule has 0 aliphatic carbocycles. The van der Waals surface area contributed by atoms with Gasteiger partial charge in [0.15, 0.2) is 0 Å². The van der Waals surface area contributed by atoms with E-state index in [1.165, 1.54) is 0 Å². The van der Waals surface area contributed by atoms with E-state index in [1.807, 2.05) is 4.90 Å². The number of benzene rings is 1. The lowest BCUT2D eigenvalue weighted by atomic mass is 10.0. The number of carbonyl (C=O) groups excluding carboxylic acids is 1. The quantitative estimate of drug-likeness (QED) is 0.751. The SMILES string of the molecule is NC(=O)C1CCCN1C1CCN(S(=O)(=O)c2ccc(F)c(C(F)(F)F)c2)CC1. The number of piperidine rings is 1. The fraction of sp³-hybridized carbons (Fsp3) is 0.588. The Labute approximate surface area is 160 Å². The molecule has 0 aromatic heterocycles. The van der Waals surface area contributed by atoms with Crippen molar-refractivity contribution in [3.05, 3.63) is 29.6 Å². The minimum atomic E-state index is -4.98. The van der Waals surface area contributed by atoms with Crippen LogP contribution >= 0.6 is 0 Å². The number of nitrogens with zero attached hydrogens (tertiary/aromatic N) is 2. The third-order valence-electron chi connectivity index (χ3n) is 5.40. The predicted octanol–water partition coefficient (Wildman–Crippen LogP) is 1.95. The third-order valence-corrected chi connectivity index (χ3v) is 7.29. The first-order valence-corrected chi connectivity index (χ1v) is 10.4. The molecule has 0 saturated carbocycles. The Morgan fingerprint density at radius 1 is 1.11 bits per heavy atom. The lowest BCUT2D eigenvalue weighted by molar-refractivity contribution is -0.140. The second-order valence-corrected chi connectivity index (χ2v) is 9.01. The Morgan fingerprint density at radius 2 is 1.75 bits per heavy atom. The Morgan fingerprint density at radius 3 is 2.32 bits per heavy atom. The van der Waals surface area contributed by atoms with Crippen LogP contribution in [0.5, 0.6) is 0 Å². The summed E-state index contributed by atoms with van der Waals surface area (Å²) in [5, 5.41) is 0. The first-order valence-electron chi connectivity index (χ1n) is 8.94. The zero-order chi connectivity index (χ0) is 20.7. The van der Waals surface area contributed by atoms with Crippen molar-refractivity contribution in [1.82, 2.24) is 9.21 Å². The van der Waals surface area contributed by atoms with Crippen LogP contribution in [0.25, 0.3) is 0 Å². The molecule has 11 heteroatoms. The van der Waals surface area contributed by atoms with E-state index >= 15 is 0 Å². The standard InChI is InChI=1S/C17H21F4N3O3S/c18-14-4-3-12(10-13(14)17(19,20)21)28(26,27)23-8-5-11(6-9-23)24-7-1-2-15(24)16(22)25/h3-4,10-11,15H,1-2,5-9H2,(H2,22,25). The number of alkyl halides is 3. The zero-order valence-corrected chi connectivity index (χ0v) is 15.8. The summed E-state index contributed by atoms with van der Waals surface area (Å²) >= 11 is 0. The average Bonchev–Trinajstić information content (AvgIpc) is 3.11. The summed E-state index contributed by atoms with van der Waals surface area (Å²) in [5.74, 6) is -1.92. The summed E-state index contributed by atoms with van der Waals surface area (Å²) in [6, 6.07) is 1.32. The number of primary amides is 1.